The Balaban J connectivity index is 1.40. The van der Waals surface area contributed by atoms with Gasteiger partial charge in [-0.1, -0.05) is 18.7 Å². The lowest BCUT2D eigenvalue weighted by Gasteiger charge is -2.54. The molecule has 3 nitrogen and oxygen atoms in total. The zero-order chi connectivity index (χ0) is 17.2. The number of benzene rings is 1. The van der Waals surface area contributed by atoms with Gasteiger partial charge in [-0.3, -0.25) is 0 Å². The van der Waals surface area contributed by atoms with Gasteiger partial charge < -0.3 is 14.8 Å². The van der Waals surface area contributed by atoms with E-state index in [4.69, 9.17) is 9.47 Å². The van der Waals surface area contributed by atoms with E-state index in [-0.39, 0.29) is 0 Å². The molecule has 4 saturated carbocycles. The molecule has 0 heterocycles. The highest BCUT2D eigenvalue weighted by atomic mass is 16.5. The molecular formula is C22H31NO2. The number of hydrogen-bond donors (Lipinski definition) is 1. The summed E-state index contributed by atoms with van der Waals surface area (Å²) in [5, 5.41) is 3.90. The second kappa shape index (κ2) is 7.41. The summed E-state index contributed by atoms with van der Waals surface area (Å²) in [4.78, 5) is 0. The van der Waals surface area contributed by atoms with Gasteiger partial charge in [-0.05, 0) is 80.4 Å². The summed E-state index contributed by atoms with van der Waals surface area (Å²) in [6.45, 7) is 7.80. The molecular weight excluding hydrogens is 310 g/mol. The molecule has 4 aliphatic carbocycles. The van der Waals surface area contributed by atoms with E-state index in [0.29, 0.717) is 13.2 Å². The SMILES string of the molecule is C=CCOc1ccc(CNC2C3CC4CC(C3)CC2C4)cc1OCC. The lowest BCUT2D eigenvalue weighted by atomic mass is 9.54. The standard InChI is InChI=1S/C22H31NO2/c1-3-7-25-20-6-5-15(13-21(20)24-4-2)14-23-22-18-9-16-8-17(11-18)12-19(22)10-16/h3,5-6,13,16-19,22-23H,1,4,7-12,14H2,2H3. The predicted molar refractivity (Wildman–Crippen MR) is 101 cm³/mol. The van der Waals surface area contributed by atoms with Gasteiger partial charge in [-0.2, -0.15) is 0 Å². The lowest BCUT2D eigenvalue weighted by Crippen LogP contribution is -2.54. The van der Waals surface area contributed by atoms with Crippen LogP contribution >= 0.6 is 0 Å². The number of rotatable bonds is 8. The van der Waals surface area contributed by atoms with Crippen molar-refractivity contribution in [2.75, 3.05) is 13.2 Å². The van der Waals surface area contributed by atoms with Gasteiger partial charge in [0.2, 0.25) is 0 Å². The van der Waals surface area contributed by atoms with Gasteiger partial charge in [0.25, 0.3) is 0 Å². The van der Waals surface area contributed by atoms with Crippen molar-refractivity contribution in [3.8, 4) is 11.5 Å². The number of hydrogen-bond acceptors (Lipinski definition) is 3. The third-order valence-corrected chi connectivity index (χ3v) is 6.43. The van der Waals surface area contributed by atoms with E-state index < -0.39 is 0 Å². The van der Waals surface area contributed by atoms with Gasteiger partial charge in [0.05, 0.1) is 6.61 Å². The molecule has 0 radical (unpaired) electrons. The van der Waals surface area contributed by atoms with Crippen molar-refractivity contribution < 1.29 is 9.47 Å². The van der Waals surface area contributed by atoms with Crippen LogP contribution in [0.1, 0.15) is 44.6 Å². The van der Waals surface area contributed by atoms with E-state index in [1.54, 1.807) is 6.08 Å². The zero-order valence-electron chi connectivity index (χ0n) is 15.4. The molecule has 0 spiro atoms. The van der Waals surface area contributed by atoms with Crippen molar-refractivity contribution in [1.29, 1.82) is 0 Å². The fourth-order valence-electron chi connectivity index (χ4n) is 5.69. The Morgan fingerprint density at radius 1 is 1.04 bits per heavy atom. The van der Waals surface area contributed by atoms with Crippen LogP contribution in [0.2, 0.25) is 0 Å². The monoisotopic (exact) mass is 341 g/mol. The van der Waals surface area contributed by atoms with Crippen LogP contribution in [0.5, 0.6) is 11.5 Å². The van der Waals surface area contributed by atoms with Crippen molar-refractivity contribution in [2.45, 2.75) is 51.6 Å². The Kier molecular flexibility index (Phi) is 5.03. The molecule has 25 heavy (non-hydrogen) atoms. The Morgan fingerprint density at radius 2 is 1.76 bits per heavy atom. The third kappa shape index (κ3) is 3.57. The first kappa shape index (κ1) is 17.0. The Morgan fingerprint density at radius 3 is 2.40 bits per heavy atom. The van der Waals surface area contributed by atoms with Gasteiger partial charge in [0.1, 0.15) is 6.61 Å². The average molecular weight is 341 g/mol. The van der Waals surface area contributed by atoms with E-state index in [1.165, 1.54) is 37.7 Å². The Hall–Kier alpha value is -1.48. The number of nitrogens with one attached hydrogen (secondary N) is 1. The van der Waals surface area contributed by atoms with Gasteiger partial charge in [-0.25, -0.2) is 0 Å². The summed E-state index contributed by atoms with van der Waals surface area (Å²) in [6.07, 6.45) is 9.12. The van der Waals surface area contributed by atoms with Crippen LogP contribution in [-0.2, 0) is 6.54 Å². The highest BCUT2D eigenvalue weighted by molar-refractivity contribution is 5.43. The van der Waals surface area contributed by atoms with Crippen molar-refractivity contribution in [1.82, 2.24) is 5.32 Å². The van der Waals surface area contributed by atoms with E-state index >= 15 is 0 Å². The first-order valence-electron chi connectivity index (χ1n) is 9.99. The summed E-state index contributed by atoms with van der Waals surface area (Å²) in [6, 6.07) is 7.04. The third-order valence-electron chi connectivity index (χ3n) is 6.43. The Labute approximate surface area is 151 Å². The maximum absolute atomic E-state index is 5.77. The molecule has 1 N–H and O–H groups in total. The van der Waals surface area contributed by atoms with Gasteiger partial charge in [-0.15, -0.1) is 0 Å². The van der Waals surface area contributed by atoms with E-state index in [1.807, 2.05) is 13.0 Å². The Bertz CT molecular complexity index is 584. The zero-order valence-corrected chi connectivity index (χ0v) is 15.4. The van der Waals surface area contributed by atoms with E-state index in [2.05, 4.69) is 24.0 Å². The second-order valence-electron chi connectivity index (χ2n) is 8.15. The minimum Gasteiger partial charge on any atom is -0.490 e. The molecule has 1 aromatic carbocycles. The summed E-state index contributed by atoms with van der Waals surface area (Å²) in [5.74, 6) is 5.54. The van der Waals surface area contributed by atoms with Crippen molar-refractivity contribution in [2.24, 2.45) is 23.7 Å². The summed E-state index contributed by atoms with van der Waals surface area (Å²) < 4.78 is 11.5. The highest BCUT2D eigenvalue weighted by Crippen LogP contribution is 2.53. The summed E-state index contributed by atoms with van der Waals surface area (Å²) in [7, 11) is 0. The largest absolute Gasteiger partial charge is 0.490 e. The molecule has 136 valence electrons. The molecule has 4 fully saturated rings. The molecule has 3 heteroatoms. The van der Waals surface area contributed by atoms with Crippen LogP contribution < -0.4 is 14.8 Å². The van der Waals surface area contributed by atoms with E-state index in [0.717, 1.165) is 47.8 Å². The van der Waals surface area contributed by atoms with Gasteiger partial charge in [0.15, 0.2) is 11.5 Å². The lowest BCUT2D eigenvalue weighted by molar-refractivity contribution is -0.0142. The maximum atomic E-state index is 5.77. The molecule has 5 rings (SSSR count). The van der Waals surface area contributed by atoms with Crippen molar-refractivity contribution in [3.63, 3.8) is 0 Å². The molecule has 0 atom stereocenters. The van der Waals surface area contributed by atoms with Crippen molar-refractivity contribution in [3.05, 3.63) is 36.4 Å². The minimum atomic E-state index is 0.505. The molecule has 0 saturated heterocycles. The van der Waals surface area contributed by atoms with Crippen LogP contribution in [0.4, 0.5) is 0 Å². The van der Waals surface area contributed by atoms with Crippen LogP contribution in [0.3, 0.4) is 0 Å². The molecule has 0 aliphatic heterocycles. The van der Waals surface area contributed by atoms with Gasteiger partial charge in [0, 0.05) is 12.6 Å². The van der Waals surface area contributed by atoms with Crippen LogP contribution in [-0.4, -0.2) is 19.3 Å². The van der Waals surface area contributed by atoms with Gasteiger partial charge >= 0.3 is 0 Å². The maximum Gasteiger partial charge on any atom is 0.161 e. The average Bonchev–Trinajstić information content (AvgIpc) is 2.60. The predicted octanol–water partition coefficient (Wildman–Crippen LogP) is 4.56. The fourth-order valence-corrected chi connectivity index (χ4v) is 5.69. The summed E-state index contributed by atoms with van der Waals surface area (Å²) >= 11 is 0. The molecule has 1 aromatic rings. The minimum absolute atomic E-state index is 0.505. The van der Waals surface area contributed by atoms with Crippen LogP contribution in [0, 0.1) is 23.7 Å². The second-order valence-corrected chi connectivity index (χ2v) is 8.15. The molecule has 0 unspecified atom stereocenters. The molecule has 0 aromatic heterocycles. The summed E-state index contributed by atoms with van der Waals surface area (Å²) in [5.41, 5.74) is 1.28. The first-order valence-corrected chi connectivity index (χ1v) is 9.99. The molecule has 4 bridgehead atoms. The van der Waals surface area contributed by atoms with Crippen molar-refractivity contribution >= 4 is 0 Å². The smallest absolute Gasteiger partial charge is 0.161 e. The van der Waals surface area contributed by atoms with Crippen LogP contribution in [0.15, 0.2) is 30.9 Å². The molecule has 0 amide bonds. The van der Waals surface area contributed by atoms with E-state index in [9.17, 15) is 0 Å². The topological polar surface area (TPSA) is 30.5 Å². The molecule has 4 aliphatic rings. The first-order chi connectivity index (χ1) is 12.3. The fraction of sp³-hybridized carbons (Fsp3) is 0.636. The normalized spacial score (nSPS) is 32.6. The van der Waals surface area contributed by atoms with Crippen LogP contribution in [0.25, 0.3) is 0 Å². The number of ether oxygens (including phenoxy) is 2. The highest BCUT2D eigenvalue weighted by Gasteiger charge is 2.47. The quantitative estimate of drug-likeness (QED) is 0.703.